The molecule has 14 nitrogen and oxygen atoms in total. The van der Waals surface area contributed by atoms with Gasteiger partial charge in [0.1, 0.15) is 24.3 Å². The second-order valence-electron chi connectivity index (χ2n) is 13.0. The predicted molar refractivity (Wildman–Crippen MR) is 183 cm³/mol. The highest BCUT2D eigenvalue weighted by atomic mass is 32.2. The van der Waals surface area contributed by atoms with Crippen molar-refractivity contribution in [2.45, 2.75) is 63.6 Å². The number of sulfonamides is 1. The summed E-state index contributed by atoms with van der Waals surface area (Å²) >= 11 is 0. The zero-order valence-corrected chi connectivity index (χ0v) is 29.0. The van der Waals surface area contributed by atoms with Gasteiger partial charge in [-0.1, -0.05) is 48.5 Å². The number of hydrogen-bond donors (Lipinski definition) is 3. The number of benzene rings is 2. The van der Waals surface area contributed by atoms with Crippen molar-refractivity contribution in [2.75, 3.05) is 39.0 Å². The van der Waals surface area contributed by atoms with Crippen molar-refractivity contribution in [3.8, 4) is 0 Å². The SMILES string of the molecule is CC(C)(COC(=O)N=C(N)N1CCC(CNC(=O)[C@@H]2CCCN2C(=O)[C@@H](Cc2ccccc2)NS(C)(=O)=O)CC1)OC(=O)c1ccccc1. The summed E-state index contributed by atoms with van der Waals surface area (Å²) in [6.07, 6.45) is 2.77. The van der Waals surface area contributed by atoms with Gasteiger partial charge in [0.15, 0.2) is 0 Å². The lowest BCUT2D eigenvalue weighted by Crippen LogP contribution is -2.54. The minimum absolute atomic E-state index is 0.0134. The van der Waals surface area contributed by atoms with Crippen LogP contribution < -0.4 is 15.8 Å². The van der Waals surface area contributed by atoms with Crippen LogP contribution in [0, 0.1) is 5.92 Å². The summed E-state index contributed by atoms with van der Waals surface area (Å²) in [7, 11) is -3.68. The molecule has 4 N–H and O–H groups in total. The molecule has 2 aromatic rings. The molecule has 2 heterocycles. The molecule has 15 heteroatoms. The summed E-state index contributed by atoms with van der Waals surface area (Å²) in [6.45, 7) is 4.82. The van der Waals surface area contributed by atoms with Gasteiger partial charge in [-0.05, 0) is 69.6 Å². The highest BCUT2D eigenvalue weighted by molar-refractivity contribution is 7.88. The molecule has 266 valence electrons. The molecule has 4 rings (SSSR count). The van der Waals surface area contributed by atoms with Crippen molar-refractivity contribution >= 4 is 39.9 Å². The monoisotopic (exact) mass is 698 g/mol. The standard InChI is InChI=1S/C34H46N6O8S/c1-34(2,48-31(43)26-13-8-5-9-14-26)23-47-33(44)37-32(35)39-19-16-25(17-20-39)22-36-29(41)28-15-10-18-40(28)30(42)27(38-49(3,45)46)21-24-11-6-4-7-12-24/h4-9,11-14,25,27-28,38H,10,15-23H2,1-3H3,(H,36,41)(H2,35,37,44)/t27-,28+/m1/s1. The van der Waals surface area contributed by atoms with Crippen LogP contribution in [0.1, 0.15) is 55.5 Å². The molecule has 2 saturated heterocycles. The molecular formula is C34H46N6O8S. The van der Waals surface area contributed by atoms with E-state index in [1.165, 1.54) is 4.90 Å². The molecular weight excluding hydrogens is 652 g/mol. The van der Waals surface area contributed by atoms with E-state index in [1.54, 1.807) is 49.1 Å². The van der Waals surface area contributed by atoms with Crippen molar-refractivity contribution in [1.82, 2.24) is 19.8 Å². The lowest BCUT2D eigenvalue weighted by atomic mass is 9.97. The summed E-state index contributed by atoms with van der Waals surface area (Å²) in [4.78, 5) is 58.6. The van der Waals surface area contributed by atoms with Crippen LogP contribution in [0.5, 0.6) is 0 Å². The molecule has 2 aromatic carbocycles. The Hall–Kier alpha value is -4.50. The van der Waals surface area contributed by atoms with Crippen LogP contribution in [-0.4, -0.2) is 105 Å². The quantitative estimate of drug-likeness (QED) is 0.168. The van der Waals surface area contributed by atoms with Gasteiger partial charge in [0.05, 0.1) is 11.8 Å². The van der Waals surface area contributed by atoms with Crippen molar-refractivity contribution in [3.05, 3.63) is 71.8 Å². The van der Waals surface area contributed by atoms with Crippen molar-refractivity contribution in [3.63, 3.8) is 0 Å². The van der Waals surface area contributed by atoms with Crippen LogP contribution in [0.25, 0.3) is 0 Å². The van der Waals surface area contributed by atoms with E-state index in [0.29, 0.717) is 57.4 Å². The molecule has 49 heavy (non-hydrogen) atoms. The Labute approximate surface area is 287 Å². The molecule has 0 aliphatic carbocycles. The van der Waals surface area contributed by atoms with E-state index >= 15 is 0 Å². The summed E-state index contributed by atoms with van der Waals surface area (Å²) < 4.78 is 37.3. The number of esters is 1. The number of hydrogen-bond acceptors (Lipinski definition) is 8. The van der Waals surface area contributed by atoms with Crippen molar-refractivity contribution < 1.29 is 37.1 Å². The molecule has 0 spiro atoms. The molecule has 0 radical (unpaired) electrons. The first-order chi connectivity index (χ1) is 23.2. The zero-order chi connectivity index (χ0) is 35.6. The lowest BCUT2D eigenvalue weighted by Gasteiger charge is -2.33. The fraction of sp³-hybridized carbons (Fsp3) is 0.500. The van der Waals surface area contributed by atoms with Gasteiger partial charge in [0, 0.05) is 26.2 Å². The maximum Gasteiger partial charge on any atom is 0.436 e. The van der Waals surface area contributed by atoms with Crippen molar-refractivity contribution in [1.29, 1.82) is 0 Å². The van der Waals surface area contributed by atoms with E-state index in [2.05, 4.69) is 15.0 Å². The van der Waals surface area contributed by atoms with Gasteiger partial charge < -0.3 is 30.3 Å². The lowest BCUT2D eigenvalue weighted by molar-refractivity contribution is -0.139. The summed E-state index contributed by atoms with van der Waals surface area (Å²) in [5.41, 5.74) is 6.19. The average Bonchev–Trinajstić information content (AvgIpc) is 3.56. The topological polar surface area (TPSA) is 190 Å². The fourth-order valence-corrected chi connectivity index (χ4v) is 6.57. The molecule has 2 fully saturated rings. The van der Waals surface area contributed by atoms with E-state index in [-0.39, 0.29) is 30.8 Å². The molecule has 0 aromatic heterocycles. The smallest absolute Gasteiger partial charge is 0.436 e. The average molecular weight is 699 g/mol. The van der Waals surface area contributed by atoms with Gasteiger partial charge in [-0.15, -0.1) is 4.99 Å². The van der Waals surface area contributed by atoms with Gasteiger partial charge in [-0.25, -0.2) is 22.7 Å². The number of aliphatic imine (C=N–C) groups is 1. The second-order valence-corrected chi connectivity index (χ2v) is 14.8. The van der Waals surface area contributed by atoms with E-state index in [1.807, 2.05) is 30.3 Å². The number of rotatable bonds is 12. The molecule has 2 aliphatic heterocycles. The van der Waals surface area contributed by atoms with Crippen LogP contribution in [0.4, 0.5) is 4.79 Å². The van der Waals surface area contributed by atoms with Crippen LogP contribution >= 0.6 is 0 Å². The summed E-state index contributed by atoms with van der Waals surface area (Å²) in [6, 6.07) is 15.9. The molecule has 0 saturated carbocycles. The first kappa shape index (κ1) is 37.3. The first-order valence-electron chi connectivity index (χ1n) is 16.3. The van der Waals surface area contributed by atoms with Crippen molar-refractivity contribution in [2.24, 2.45) is 16.6 Å². The minimum atomic E-state index is -3.68. The number of carbonyl (C=O) groups is 4. The third-order valence-electron chi connectivity index (χ3n) is 8.41. The molecule has 0 unspecified atom stereocenters. The Morgan fingerprint density at radius 3 is 2.24 bits per heavy atom. The van der Waals surface area contributed by atoms with E-state index in [9.17, 15) is 27.6 Å². The number of nitrogens with one attached hydrogen (secondary N) is 2. The van der Waals surface area contributed by atoms with Gasteiger partial charge in [0.2, 0.25) is 27.8 Å². The third-order valence-corrected chi connectivity index (χ3v) is 9.12. The highest BCUT2D eigenvalue weighted by Crippen LogP contribution is 2.22. The van der Waals surface area contributed by atoms with E-state index in [0.717, 1.165) is 11.8 Å². The first-order valence-corrected chi connectivity index (χ1v) is 18.2. The van der Waals surface area contributed by atoms with E-state index in [4.69, 9.17) is 15.2 Å². The Balaban J connectivity index is 1.22. The molecule has 2 aliphatic rings. The van der Waals surface area contributed by atoms with Crippen LogP contribution in [0.3, 0.4) is 0 Å². The molecule has 3 amide bonds. The second kappa shape index (κ2) is 16.7. The zero-order valence-electron chi connectivity index (χ0n) is 28.2. The maximum absolute atomic E-state index is 13.5. The number of amides is 3. The predicted octanol–water partition coefficient (Wildman–Crippen LogP) is 2.05. The Bertz CT molecular complexity index is 1590. The number of ether oxygens (including phenoxy) is 2. The summed E-state index contributed by atoms with van der Waals surface area (Å²) in [5, 5.41) is 2.99. The van der Waals surface area contributed by atoms with Gasteiger partial charge in [-0.3, -0.25) is 9.59 Å². The maximum atomic E-state index is 13.5. The van der Waals surface area contributed by atoms with Crippen LogP contribution in [-0.2, 0) is 35.5 Å². The Kier molecular flexibility index (Phi) is 12.8. The number of nitrogens with zero attached hydrogens (tertiary/aromatic N) is 3. The van der Waals surface area contributed by atoms with Crippen LogP contribution in [0.15, 0.2) is 65.7 Å². The molecule has 0 bridgehead atoms. The Morgan fingerprint density at radius 1 is 0.980 bits per heavy atom. The van der Waals surface area contributed by atoms with Gasteiger partial charge in [0.25, 0.3) is 0 Å². The van der Waals surface area contributed by atoms with E-state index < -0.39 is 45.7 Å². The number of likely N-dealkylation sites (tertiary alicyclic amines) is 2. The van der Waals surface area contributed by atoms with Gasteiger partial charge in [-0.2, -0.15) is 0 Å². The third kappa shape index (κ3) is 11.6. The fourth-order valence-electron chi connectivity index (χ4n) is 5.87. The largest absolute Gasteiger partial charge is 0.452 e. The van der Waals surface area contributed by atoms with Gasteiger partial charge >= 0.3 is 12.1 Å². The highest BCUT2D eigenvalue weighted by Gasteiger charge is 2.38. The minimum Gasteiger partial charge on any atom is -0.452 e. The number of carbonyl (C=O) groups excluding carboxylic acids is 4. The number of piperidine rings is 1. The molecule has 2 atom stereocenters. The van der Waals surface area contributed by atoms with Crippen LogP contribution in [0.2, 0.25) is 0 Å². The normalized spacial score (nSPS) is 18.1. The number of nitrogens with two attached hydrogens (primary N) is 1. The number of guanidine groups is 1. The Morgan fingerprint density at radius 2 is 1.61 bits per heavy atom. The summed E-state index contributed by atoms with van der Waals surface area (Å²) in [5.74, 6) is -1.08.